The average molecular weight is 386 g/mol. The lowest BCUT2D eigenvalue weighted by Gasteiger charge is -2.40. The number of benzene rings is 2. The highest BCUT2D eigenvalue weighted by molar-refractivity contribution is 9.10. The zero-order valence-electron chi connectivity index (χ0n) is 10.5. The predicted molar refractivity (Wildman–Crippen MR) is 84.2 cm³/mol. The Hall–Kier alpha value is -0.580. The maximum absolute atomic E-state index is 6.00. The highest BCUT2D eigenvalue weighted by atomic mass is 79.9. The Morgan fingerprint density at radius 3 is 2.58 bits per heavy atom. The summed E-state index contributed by atoms with van der Waals surface area (Å²) < 4.78 is 12.5. The van der Waals surface area contributed by atoms with Crippen LogP contribution in [0.15, 0.2) is 40.9 Å². The van der Waals surface area contributed by atoms with Crippen LogP contribution in [0.4, 0.5) is 0 Å². The first kappa shape index (κ1) is 13.4. The summed E-state index contributed by atoms with van der Waals surface area (Å²) in [5, 5.41) is 2.39. The minimum absolute atomic E-state index is 0.139. The van der Waals surface area contributed by atoms with Gasteiger partial charge in [-0.1, -0.05) is 44.0 Å². The molecule has 4 heteroatoms. The summed E-state index contributed by atoms with van der Waals surface area (Å²) in [6.07, 6.45) is 1.26. The van der Waals surface area contributed by atoms with E-state index in [9.17, 15) is 0 Å². The first-order valence-electron chi connectivity index (χ1n) is 6.20. The number of alkyl halides is 1. The smallest absolute Gasteiger partial charge is 0.127 e. The molecule has 0 saturated heterocycles. The van der Waals surface area contributed by atoms with Crippen LogP contribution in [-0.4, -0.2) is 24.1 Å². The van der Waals surface area contributed by atoms with Crippen molar-refractivity contribution in [3.8, 4) is 5.75 Å². The van der Waals surface area contributed by atoms with Gasteiger partial charge in [-0.05, 0) is 35.0 Å². The Morgan fingerprint density at radius 2 is 1.84 bits per heavy atom. The van der Waals surface area contributed by atoms with E-state index in [4.69, 9.17) is 9.47 Å². The predicted octanol–water partition coefficient (Wildman–Crippen LogP) is 4.53. The van der Waals surface area contributed by atoms with Gasteiger partial charge in [0.2, 0.25) is 0 Å². The highest BCUT2D eigenvalue weighted by Gasteiger charge is 2.41. The summed E-state index contributed by atoms with van der Waals surface area (Å²) in [5.41, 5.74) is 0. The van der Waals surface area contributed by atoms with Gasteiger partial charge in [-0.3, -0.25) is 0 Å². The molecule has 2 aromatic rings. The van der Waals surface area contributed by atoms with E-state index in [1.54, 1.807) is 7.11 Å². The quantitative estimate of drug-likeness (QED) is 0.722. The van der Waals surface area contributed by atoms with E-state index < -0.39 is 0 Å². The molecule has 0 aromatic heterocycles. The van der Waals surface area contributed by atoms with E-state index in [1.807, 2.05) is 12.1 Å². The van der Waals surface area contributed by atoms with Crippen LogP contribution in [0.3, 0.4) is 0 Å². The molecule has 3 atom stereocenters. The van der Waals surface area contributed by atoms with Gasteiger partial charge in [-0.25, -0.2) is 0 Å². The Bertz CT molecular complexity index is 600. The minimum atomic E-state index is 0.139. The second-order valence-electron chi connectivity index (χ2n) is 4.76. The van der Waals surface area contributed by atoms with Gasteiger partial charge in [0.25, 0.3) is 0 Å². The Labute approximate surface area is 129 Å². The molecule has 2 aromatic carbocycles. The molecule has 0 aliphatic heterocycles. The van der Waals surface area contributed by atoms with E-state index in [-0.39, 0.29) is 12.2 Å². The molecule has 0 bridgehead atoms. The second-order valence-corrected chi connectivity index (χ2v) is 6.85. The Balaban J connectivity index is 1.80. The zero-order chi connectivity index (χ0) is 13.4. The molecular weight excluding hydrogens is 372 g/mol. The monoisotopic (exact) mass is 384 g/mol. The normalized spacial score (nSPS) is 26.2. The molecule has 1 aliphatic rings. The molecule has 0 heterocycles. The van der Waals surface area contributed by atoms with Gasteiger partial charge >= 0.3 is 0 Å². The topological polar surface area (TPSA) is 18.5 Å². The number of hydrogen-bond acceptors (Lipinski definition) is 2. The third-order valence-electron chi connectivity index (χ3n) is 3.51. The molecule has 1 aliphatic carbocycles. The third kappa shape index (κ3) is 2.67. The molecule has 0 spiro atoms. The van der Waals surface area contributed by atoms with Crippen molar-refractivity contribution in [2.24, 2.45) is 0 Å². The summed E-state index contributed by atoms with van der Waals surface area (Å²) in [6, 6.07) is 12.4. The second kappa shape index (κ2) is 5.43. The lowest BCUT2D eigenvalue weighted by atomic mass is 9.91. The van der Waals surface area contributed by atoms with Crippen molar-refractivity contribution in [2.45, 2.75) is 23.5 Å². The van der Waals surface area contributed by atoms with Crippen molar-refractivity contribution < 1.29 is 9.47 Å². The van der Waals surface area contributed by atoms with Gasteiger partial charge in [0.1, 0.15) is 18.0 Å². The fraction of sp³-hybridized carbons (Fsp3) is 0.333. The van der Waals surface area contributed by atoms with Gasteiger partial charge in [-0.2, -0.15) is 0 Å². The van der Waals surface area contributed by atoms with E-state index >= 15 is 0 Å². The van der Waals surface area contributed by atoms with Gasteiger partial charge < -0.3 is 9.47 Å². The van der Waals surface area contributed by atoms with Gasteiger partial charge in [0.05, 0.1) is 0 Å². The molecule has 3 rings (SSSR count). The molecule has 19 heavy (non-hydrogen) atoms. The number of rotatable bonds is 3. The number of fused-ring (bicyclic) bond motifs is 1. The maximum atomic E-state index is 6.00. The molecule has 3 unspecified atom stereocenters. The molecule has 0 radical (unpaired) electrons. The Kier molecular flexibility index (Phi) is 3.83. The number of ether oxygens (including phenoxy) is 2. The summed E-state index contributed by atoms with van der Waals surface area (Å²) in [5.74, 6) is 0.904. The standard InChI is InChI=1S/C15H14Br2O2/c1-18-15-13(17)8-14(15)19-12-5-3-9-6-11(16)4-2-10(9)7-12/h2-7,13-15H,8H2,1H3. The van der Waals surface area contributed by atoms with Crippen LogP contribution in [-0.2, 0) is 4.74 Å². The third-order valence-corrected chi connectivity index (χ3v) is 4.90. The van der Waals surface area contributed by atoms with Crippen molar-refractivity contribution in [3.05, 3.63) is 40.9 Å². The van der Waals surface area contributed by atoms with Crippen LogP contribution in [0.25, 0.3) is 10.8 Å². The molecular formula is C15H14Br2O2. The summed E-state index contributed by atoms with van der Waals surface area (Å²) in [4.78, 5) is 0.402. The van der Waals surface area contributed by atoms with E-state index in [2.05, 4.69) is 56.1 Å². The highest BCUT2D eigenvalue weighted by Crippen LogP contribution is 2.34. The van der Waals surface area contributed by atoms with Crippen LogP contribution in [0.1, 0.15) is 6.42 Å². The van der Waals surface area contributed by atoms with Crippen molar-refractivity contribution >= 4 is 42.6 Å². The summed E-state index contributed by atoms with van der Waals surface area (Å²) in [6.45, 7) is 0. The first-order valence-corrected chi connectivity index (χ1v) is 7.91. The van der Waals surface area contributed by atoms with Crippen LogP contribution in [0.2, 0.25) is 0 Å². The number of methoxy groups -OCH3 is 1. The van der Waals surface area contributed by atoms with E-state index in [0.717, 1.165) is 16.6 Å². The van der Waals surface area contributed by atoms with Crippen LogP contribution < -0.4 is 4.74 Å². The van der Waals surface area contributed by atoms with Crippen LogP contribution in [0.5, 0.6) is 5.75 Å². The van der Waals surface area contributed by atoms with Crippen molar-refractivity contribution in [2.75, 3.05) is 7.11 Å². The lowest BCUT2D eigenvalue weighted by molar-refractivity contribution is -0.0544. The Morgan fingerprint density at radius 1 is 1.11 bits per heavy atom. The van der Waals surface area contributed by atoms with Crippen molar-refractivity contribution in [1.82, 2.24) is 0 Å². The minimum Gasteiger partial charge on any atom is -0.488 e. The van der Waals surface area contributed by atoms with Gasteiger partial charge in [0, 0.05) is 22.8 Å². The zero-order valence-corrected chi connectivity index (χ0v) is 13.6. The average Bonchev–Trinajstić information content (AvgIpc) is 2.38. The summed E-state index contributed by atoms with van der Waals surface area (Å²) in [7, 11) is 1.73. The van der Waals surface area contributed by atoms with E-state index in [1.165, 1.54) is 10.8 Å². The number of halogens is 2. The van der Waals surface area contributed by atoms with Crippen LogP contribution >= 0.6 is 31.9 Å². The lowest BCUT2D eigenvalue weighted by Crippen LogP contribution is -2.51. The maximum Gasteiger partial charge on any atom is 0.127 e. The van der Waals surface area contributed by atoms with Gasteiger partial charge in [-0.15, -0.1) is 0 Å². The first-order chi connectivity index (χ1) is 9.17. The molecule has 1 saturated carbocycles. The molecule has 1 fully saturated rings. The van der Waals surface area contributed by atoms with E-state index in [0.29, 0.717) is 4.83 Å². The van der Waals surface area contributed by atoms with Crippen molar-refractivity contribution in [1.29, 1.82) is 0 Å². The largest absolute Gasteiger partial charge is 0.488 e. The summed E-state index contributed by atoms with van der Waals surface area (Å²) >= 11 is 7.06. The van der Waals surface area contributed by atoms with Crippen LogP contribution in [0, 0.1) is 0 Å². The number of hydrogen-bond donors (Lipinski definition) is 0. The van der Waals surface area contributed by atoms with Gasteiger partial charge in [0.15, 0.2) is 0 Å². The molecule has 100 valence electrons. The SMILES string of the molecule is COC1C(Br)CC1Oc1ccc2cc(Br)ccc2c1. The fourth-order valence-electron chi connectivity index (χ4n) is 2.38. The molecule has 0 amide bonds. The van der Waals surface area contributed by atoms with Crippen molar-refractivity contribution in [3.63, 3.8) is 0 Å². The molecule has 0 N–H and O–H groups in total. The fourth-order valence-corrected chi connectivity index (χ4v) is 3.69. The molecule has 2 nitrogen and oxygen atoms in total.